The Balaban J connectivity index is 2.16. The molecule has 0 fully saturated rings. The van der Waals surface area contributed by atoms with Crippen molar-refractivity contribution in [3.05, 3.63) is 47.0 Å². The Kier molecular flexibility index (Phi) is 4.07. The monoisotopic (exact) mass is 291 g/mol. The van der Waals surface area contributed by atoms with Crippen LogP contribution >= 0.6 is 0 Å². The normalized spacial score (nSPS) is 10.8. The molecule has 1 aromatic heterocycles. The number of amides is 1. The number of aromatic nitrogens is 2. The smallest absolute Gasteiger partial charge is 0.328 e. The summed E-state index contributed by atoms with van der Waals surface area (Å²) < 4.78 is 18.5. The van der Waals surface area contributed by atoms with Crippen LogP contribution in [0.4, 0.5) is 10.4 Å². The summed E-state index contributed by atoms with van der Waals surface area (Å²) in [5.41, 5.74) is 0.0958. The molecule has 0 unspecified atom stereocenters. The van der Waals surface area contributed by atoms with Crippen molar-refractivity contribution in [1.29, 1.82) is 0 Å². The molecule has 21 heavy (non-hydrogen) atoms. The van der Waals surface area contributed by atoms with Gasteiger partial charge in [-0.15, -0.1) is 0 Å². The van der Waals surface area contributed by atoms with Crippen LogP contribution < -0.4 is 5.32 Å². The summed E-state index contributed by atoms with van der Waals surface area (Å²) in [4.78, 5) is 26.0. The van der Waals surface area contributed by atoms with Crippen LogP contribution in [0.25, 0.3) is 6.08 Å². The molecule has 1 amide bonds. The van der Waals surface area contributed by atoms with Gasteiger partial charge in [0.1, 0.15) is 5.82 Å². The molecule has 0 saturated carbocycles. The lowest BCUT2D eigenvalue weighted by atomic mass is 10.1. The molecule has 1 aromatic carbocycles. The fraction of sp³-hybridized carbons (Fsp3) is 0.0769. The maximum atomic E-state index is 13.8. The van der Waals surface area contributed by atoms with Gasteiger partial charge >= 0.3 is 12.0 Å². The lowest BCUT2D eigenvalue weighted by Gasteiger charge is -2.03. The molecule has 0 aliphatic carbocycles. The van der Waals surface area contributed by atoms with E-state index >= 15 is 0 Å². The summed E-state index contributed by atoms with van der Waals surface area (Å²) in [5, 5.41) is 14.2. The van der Waals surface area contributed by atoms with Crippen molar-refractivity contribution in [2.75, 3.05) is 5.32 Å². The number of halogens is 1. The van der Waals surface area contributed by atoms with Gasteiger partial charge in [0.15, 0.2) is 5.82 Å². The molecular formula is C13H10FN3O4. The van der Waals surface area contributed by atoms with E-state index in [2.05, 4.69) is 15.5 Å². The number of hydrogen-bond donors (Lipinski definition) is 2. The molecule has 2 N–H and O–H groups in total. The number of carbonyl (C=O) groups is 2. The summed E-state index contributed by atoms with van der Waals surface area (Å²) in [7, 11) is 0. The average molecular weight is 291 g/mol. The van der Waals surface area contributed by atoms with Crippen LogP contribution in [0.3, 0.4) is 0 Å². The molecule has 0 bridgehead atoms. The number of nitrogens with one attached hydrogen (secondary N) is 1. The predicted octanol–water partition coefficient (Wildman–Crippen LogP) is 1.87. The van der Waals surface area contributed by atoms with Gasteiger partial charge in [-0.1, -0.05) is 11.2 Å². The van der Waals surface area contributed by atoms with Crippen LogP contribution in [-0.4, -0.2) is 27.1 Å². The second kappa shape index (κ2) is 5.95. The van der Waals surface area contributed by atoms with Crippen molar-refractivity contribution in [2.45, 2.75) is 6.92 Å². The van der Waals surface area contributed by atoms with Crippen molar-refractivity contribution in [3.63, 3.8) is 0 Å². The summed E-state index contributed by atoms with van der Waals surface area (Å²) in [6.07, 6.45) is 2.09. The van der Waals surface area contributed by atoms with E-state index < -0.39 is 17.7 Å². The third-order valence-corrected chi connectivity index (χ3v) is 2.40. The van der Waals surface area contributed by atoms with Crippen molar-refractivity contribution < 1.29 is 23.6 Å². The van der Waals surface area contributed by atoms with Gasteiger partial charge in [0, 0.05) is 6.08 Å². The minimum Gasteiger partial charge on any atom is -0.478 e. The molecule has 1 heterocycles. The Labute approximate surface area is 118 Å². The molecule has 0 atom stereocenters. The van der Waals surface area contributed by atoms with Gasteiger partial charge in [-0.25, -0.2) is 9.18 Å². The number of carboxylic acid groups (broad SMARTS) is 1. The van der Waals surface area contributed by atoms with Crippen LogP contribution in [0.1, 0.15) is 21.7 Å². The first-order valence-electron chi connectivity index (χ1n) is 5.78. The fourth-order valence-electron chi connectivity index (χ4n) is 1.50. The van der Waals surface area contributed by atoms with Gasteiger partial charge in [0.25, 0.3) is 5.91 Å². The highest BCUT2D eigenvalue weighted by molar-refractivity contribution is 6.03. The quantitative estimate of drug-likeness (QED) is 0.833. The lowest BCUT2D eigenvalue weighted by Crippen LogP contribution is -2.14. The number of hydrogen-bond acceptors (Lipinski definition) is 5. The Morgan fingerprint density at radius 2 is 2.19 bits per heavy atom. The number of carboxylic acids is 1. The largest absolute Gasteiger partial charge is 0.478 e. The van der Waals surface area contributed by atoms with E-state index in [0.29, 0.717) is 11.4 Å². The average Bonchev–Trinajstić information content (AvgIpc) is 2.81. The number of aliphatic carboxylic acids is 1. The number of carbonyl (C=O) groups excluding carboxylic acids is 1. The van der Waals surface area contributed by atoms with Gasteiger partial charge in [-0.3, -0.25) is 10.1 Å². The molecule has 2 rings (SSSR count). The molecule has 108 valence electrons. The molecular weight excluding hydrogens is 281 g/mol. The molecule has 2 aromatic rings. The molecule has 0 radical (unpaired) electrons. The zero-order chi connectivity index (χ0) is 15.4. The highest BCUT2D eigenvalue weighted by Crippen LogP contribution is 2.14. The van der Waals surface area contributed by atoms with Gasteiger partial charge in [-0.05, 0) is 30.7 Å². The minimum absolute atomic E-state index is 0.133. The lowest BCUT2D eigenvalue weighted by molar-refractivity contribution is -0.131. The summed E-state index contributed by atoms with van der Waals surface area (Å²) >= 11 is 0. The van der Waals surface area contributed by atoms with Gasteiger partial charge in [-0.2, -0.15) is 4.98 Å². The van der Waals surface area contributed by atoms with E-state index in [-0.39, 0.29) is 11.6 Å². The molecule has 0 aliphatic rings. The minimum atomic E-state index is -1.15. The Morgan fingerprint density at radius 1 is 1.43 bits per heavy atom. The summed E-state index contributed by atoms with van der Waals surface area (Å²) in [5.74, 6) is -2.36. The maximum Gasteiger partial charge on any atom is 0.328 e. The zero-order valence-electron chi connectivity index (χ0n) is 10.8. The predicted molar refractivity (Wildman–Crippen MR) is 70.1 cm³/mol. The third-order valence-electron chi connectivity index (χ3n) is 2.40. The summed E-state index contributed by atoms with van der Waals surface area (Å²) in [6.45, 7) is 1.57. The standard InChI is InChI=1S/C13H10FN3O4/c1-7-15-13(21-17-7)16-12(20)9-4-2-8(6-10(9)14)3-5-11(18)19/h2-6H,1H3,(H,18,19)(H,15,16,17,20)/b5-3+. The van der Waals surface area contributed by atoms with E-state index in [0.717, 1.165) is 12.1 Å². The topological polar surface area (TPSA) is 105 Å². The molecule has 8 heteroatoms. The Bertz CT molecular complexity index is 724. The number of aryl methyl sites for hydroxylation is 1. The number of rotatable bonds is 4. The molecule has 0 spiro atoms. The van der Waals surface area contributed by atoms with Crippen molar-refractivity contribution in [2.24, 2.45) is 0 Å². The molecule has 0 saturated heterocycles. The van der Waals surface area contributed by atoms with Crippen LogP contribution in [0.2, 0.25) is 0 Å². The van der Waals surface area contributed by atoms with Crippen LogP contribution in [0.15, 0.2) is 28.8 Å². The van der Waals surface area contributed by atoms with Crippen molar-refractivity contribution in [3.8, 4) is 0 Å². The number of benzene rings is 1. The first kappa shape index (κ1) is 14.4. The Hall–Kier alpha value is -3.03. The van der Waals surface area contributed by atoms with Crippen LogP contribution in [0.5, 0.6) is 0 Å². The van der Waals surface area contributed by atoms with E-state index in [9.17, 15) is 14.0 Å². The van der Waals surface area contributed by atoms with Crippen LogP contribution in [0, 0.1) is 12.7 Å². The van der Waals surface area contributed by atoms with Gasteiger partial charge < -0.3 is 9.63 Å². The second-order valence-corrected chi connectivity index (χ2v) is 4.01. The van der Waals surface area contributed by atoms with Crippen LogP contribution in [-0.2, 0) is 4.79 Å². The Morgan fingerprint density at radius 3 is 2.76 bits per heavy atom. The highest BCUT2D eigenvalue weighted by Gasteiger charge is 2.14. The third kappa shape index (κ3) is 3.72. The van der Waals surface area contributed by atoms with Crippen molar-refractivity contribution in [1.82, 2.24) is 10.1 Å². The van der Waals surface area contributed by atoms with E-state index in [1.54, 1.807) is 6.92 Å². The zero-order valence-corrected chi connectivity index (χ0v) is 10.8. The van der Waals surface area contributed by atoms with E-state index in [1.807, 2.05) is 0 Å². The summed E-state index contributed by atoms with van der Waals surface area (Å²) in [6, 6.07) is 3.56. The van der Waals surface area contributed by atoms with Crippen molar-refractivity contribution >= 4 is 24.0 Å². The number of anilines is 1. The number of nitrogens with zero attached hydrogens (tertiary/aromatic N) is 2. The first-order chi connectivity index (χ1) is 9.95. The van der Waals surface area contributed by atoms with Gasteiger partial charge in [0.2, 0.25) is 0 Å². The van der Waals surface area contributed by atoms with Gasteiger partial charge in [0.05, 0.1) is 5.56 Å². The van der Waals surface area contributed by atoms with E-state index in [4.69, 9.17) is 9.63 Å². The maximum absolute atomic E-state index is 13.8. The molecule has 7 nitrogen and oxygen atoms in total. The second-order valence-electron chi connectivity index (χ2n) is 4.01. The fourth-order valence-corrected chi connectivity index (χ4v) is 1.50. The first-order valence-corrected chi connectivity index (χ1v) is 5.78. The SMILES string of the molecule is Cc1noc(NC(=O)c2ccc(/C=C/C(=O)O)cc2F)n1. The van der Waals surface area contributed by atoms with E-state index in [1.165, 1.54) is 18.2 Å². The highest BCUT2D eigenvalue weighted by atomic mass is 19.1. The molecule has 0 aliphatic heterocycles.